The zero-order chi connectivity index (χ0) is 20.0. The molecule has 0 fully saturated rings. The molecule has 0 saturated heterocycles. The van der Waals surface area contributed by atoms with Crippen LogP contribution in [0.2, 0.25) is 0 Å². The van der Waals surface area contributed by atoms with Crippen LogP contribution in [-0.2, 0) is 11.2 Å². The third kappa shape index (κ3) is 6.46. The molecule has 0 spiro atoms. The summed E-state index contributed by atoms with van der Waals surface area (Å²) in [6.45, 7) is -0.140. The van der Waals surface area contributed by atoms with E-state index in [0.29, 0.717) is 12.7 Å². The zero-order valence-electron chi connectivity index (χ0n) is 13.8. The van der Waals surface area contributed by atoms with Crippen LogP contribution < -0.4 is 10.6 Å². The molecule has 2 rings (SSSR count). The molecule has 2 amide bonds. The van der Waals surface area contributed by atoms with E-state index in [1.807, 2.05) is 63.4 Å². The van der Waals surface area contributed by atoms with Crippen LogP contribution in [0.5, 0.6) is 5.75 Å². The first kappa shape index (κ1) is 22.2. The van der Waals surface area contributed by atoms with Crippen molar-refractivity contribution in [2.24, 2.45) is 0 Å². The Morgan fingerprint density at radius 1 is 1.11 bits per heavy atom. The highest BCUT2D eigenvalue weighted by Crippen LogP contribution is 2.27. The average molecular weight is 701 g/mol. The minimum atomic E-state index is -0.846. The summed E-state index contributed by atoms with van der Waals surface area (Å²) in [4.78, 5) is 25.0. The number of halogens is 3. The number of nitrogens with one attached hydrogen (secondary N) is 2. The summed E-state index contributed by atoms with van der Waals surface area (Å²) in [7, 11) is 0. The van der Waals surface area contributed by atoms with Crippen molar-refractivity contribution in [3.05, 3.63) is 58.2 Å². The molecule has 0 aliphatic rings. The first-order valence-electron chi connectivity index (χ1n) is 7.69. The van der Waals surface area contributed by atoms with Crippen LogP contribution in [0.4, 0.5) is 0 Å². The summed E-state index contributed by atoms with van der Waals surface area (Å²) < 4.78 is 2.32. The van der Waals surface area contributed by atoms with Gasteiger partial charge in [0.05, 0.1) is 13.2 Å². The highest BCUT2D eigenvalue weighted by molar-refractivity contribution is 14.1. The fourth-order valence-electron chi connectivity index (χ4n) is 2.27. The number of hydrogen-bond acceptors (Lipinski definition) is 4. The monoisotopic (exact) mass is 701 g/mol. The van der Waals surface area contributed by atoms with Gasteiger partial charge in [-0.25, -0.2) is 0 Å². The first-order chi connectivity index (χ1) is 12.8. The summed E-state index contributed by atoms with van der Waals surface area (Å²) in [5, 5.41) is 23.8. The van der Waals surface area contributed by atoms with Crippen LogP contribution in [0.1, 0.15) is 15.9 Å². The second-order valence-corrected chi connectivity index (χ2v) is 9.09. The van der Waals surface area contributed by atoms with Gasteiger partial charge in [0.2, 0.25) is 5.91 Å². The molecular weight excluding hydrogens is 687 g/mol. The lowest BCUT2D eigenvalue weighted by molar-refractivity contribution is -0.122. The predicted octanol–water partition coefficient (Wildman–Crippen LogP) is 3.19. The molecule has 0 bridgehead atoms. The lowest BCUT2D eigenvalue weighted by atomic mass is 10.0. The van der Waals surface area contributed by atoms with Gasteiger partial charge in [0, 0.05) is 15.6 Å². The van der Waals surface area contributed by atoms with Gasteiger partial charge in [0.25, 0.3) is 5.91 Å². The van der Waals surface area contributed by atoms with E-state index in [-0.39, 0.29) is 24.6 Å². The molecule has 0 unspecified atom stereocenters. The lowest BCUT2D eigenvalue weighted by Crippen LogP contribution is -2.48. The number of carbonyl (C=O) groups is 2. The highest BCUT2D eigenvalue weighted by Gasteiger charge is 2.22. The number of rotatable bonds is 6. The van der Waals surface area contributed by atoms with Crippen molar-refractivity contribution in [2.75, 3.05) is 6.54 Å². The number of phenolic OH excluding ortho intramolecular Hbond substituents is 1. The smallest absolute Gasteiger partial charge is 0.251 e. The Balaban J connectivity index is 2.23. The normalized spacial score (nSPS) is 11.3. The van der Waals surface area contributed by atoms with Crippen molar-refractivity contribution < 1.29 is 14.7 Å². The second-order valence-electron chi connectivity index (χ2n) is 5.52. The Kier molecular flexibility index (Phi) is 8.55. The van der Waals surface area contributed by atoms with E-state index >= 15 is 0 Å². The fourth-order valence-corrected chi connectivity index (χ4v) is 4.53. The van der Waals surface area contributed by atoms with Crippen LogP contribution >= 0.6 is 67.8 Å². The quantitative estimate of drug-likeness (QED) is 0.319. The molecule has 0 aliphatic heterocycles. The van der Waals surface area contributed by atoms with E-state index in [1.54, 1.807) is 24.3 Å². The maximum absolute atomic E-state index is 12.5. The standard InChI is InChI=1S/C18H14I3N3O3/c19-12-3-1-11(2-4-12)17(26)24-15(18(27)23-6-5-22)9-10-7-13(20)16(25)14(21)8-10/h1-4,7-8,15,25H,6,9H2,(H,23,27)(H,24,26)/t15-/m0/s1. The third-order valence-corrected chi connectivity index (χ3v) is 5.95. The maximum atomic E-state index is 12.5. The summed E-state index contributed by atoms with van der Waals surface area (Å²) >= 11 is 6.17. The molecule has 6 nitrogen and oxygen atoms in total. The Bertz CT molecular complexity index is 872. The van der Waals surface area contributed by atoms with Crippen molar-refractivity contribution in [1.82, 2.24) is 10.6 Å². The molecule has 2 aromatic carbocycles. The van der Waals surface area contributed by atoms with Crippen molar-refractivity contribution in [3.63, 3.8) is 0 Å². The average Bonchev–Trinajstić information content (AvgIpc) is 2.64. The molecule has 0 heterocycles. The number of hydrogen-bond donors (Lipinski definition) is 3. The minimum Gasteiger partial charge on any atom is -0.506 e. The molecule has 3 N–H and O–H groups in total. The molecule has 0 saturated carbocycles. The SMILES string of the molecule is N#CCNC(=O)[C@H](Cc1cc(I)c(O)c(I)c1)NC(=O)c1ccc(I)cc1. The van der Waals surface area contributed by atoms with Gasteiger partial charge < -0.3 is 15.7 Å². The molecule has 0 aliphatic carbocycles. The van der Waals surface area contributed by atoms with Crippen molar-refractivity contribution in [2.45, 2.75) is 12.5 Å². The van der Waals surface area contributed by atoms with E-state index in [0.717, 1.165) is 9.13 Å². The van der Waals surface area contributed by atoms with Crippen molar-refractivity contribution >= 4 is 79.6 Å². The number of nitrogens with zero attached hydrogens (tertiary/aromatic N) is 1. The lowest BCUT2D eigenvalue weighted by Gasteiger charge is -2.18. The number of aromatic hydroxyl groups is 1. The van der Waals surface area contributed by atoms with Gasteiger partial charge in [-0.1, -0.05) is 0 Å². The van der Waals surface area contributed by atoms with Crippen molar-refractivity contribution in [1.29, 1.82) is 5.26 Å². The molecule has 2 aromatic rings. The van der Waals surface area contributed by atoms with Gasteiger partial charge in [-0.2, -0.15) is 5.26 Å². The van der Waals surface area contributed by atoms with Gasteiger partial charge in [-0.15, -0.1) is 0 Å². The van der Waals surface area contributed by atoms with E-state index in [4.69, 9.17) is 5.26 Å². The van der Waals surface area contributed by atoms with Crippen molar-refractivity contribution in [3.8, 4) is 11.8 Å². The highest BCUT2D eigenvalue weighted by atomic mass is 127. The maximum Gasteiger partial charge on any atom is 0.251 e. The largest absolute Gasteiger partial charge is 0.506 e. The van der Waals surface area contributed by atoms with Crippen LogP contribution in [0.25, 0.3) is 0 Å². The predicted molar refractivity (Wildman–Crippen MR) is 126 cm³/mol. The van der Waals surface area contributed by atoms with Crippen LogP contribution in [-0.4, -0.2) is 29.5 Å². The fraction of sp³-hybridized carbons (Fsp3) is 0.167. The molecule has 27 heavy (non-hydrogen) atoms. The molecule has 140 valence electrons. The molecule has 0 aromatic heterocycles. The minimum absolute atomic E-state index is 0.140. The second kappa shape index (κ2) is 10.4. The van der Waals surface area contributed by atoms with Crippen LogP contribution in [0, 0.1) is 22.0 Å². The molecular formula is C18H14I3N3O3. The Hall–Kier alpha value is -1.14. The number of phenols is 1. The van der Waals surface area contributed by atoms with Crippen LogP contribution in [0.15, 0.2) is 36.4 Å². The summed E-state index contributed by atoms with van der Waals surface area (Å²) in [5.74, 6) is -0.617. The number of nitriles is 1. The van der Waals surface area contributed by atoms with Gasteiger partial charge in [-0.3, -0.25) is 9.59 Å². The van der Waals surface area contributed by atoms with E-state index in [9.17, 15) is 14.7 Å². The summed E-state index contributed by atoms with van der Waals surface area (Å²) in [5.41, 5.74) is 1.24. The summed E-state index contributed by atoms with van der Waals surface area (Å²) in [6, 6.07) is 11.5. The number of carbonyl (C=O) groups excluding carboxylic acids is 2. The van der Waals surface area contributed by atoms with E-state index in [2.05, 4.69) is 33.2 Å². The van der Waals surface area contributed by atoms with Crippen LogP contribution in [0.3, 0.4) is 0 Å². The molecule has 0 radical (unpaired) electrons. The van der Waals surface area contributed by atoms with Gasteiger partial charge in [-0.05, 0) is 110 Å². The number of amides is 2. The van der Waals surface area contributed by atoms with Gasteiger partial charge in [0.15, 0.2) is 0 Å². The number of benzene rings is 2. The molecule has 9 heteroatoms. The van der Waals surface area contributed by atoms with Gasteiger partial charge >= 0.3 is 0 Å². The molecule has 1 atom stereocenters. The van der Waals surface area contributed by atoms with E-state index in [1.165, 1.54) is 0 Å². The van der Waals surface area contributed by atoms with E-state index < -0.39 is 11.9 Å². The van der Waals surface area contributed by atoms with Gasteiger partial charge in [0.1, 0.15) is 18.3 Å². The zero-order valence-corrected chi connectivity index (χ0v) is 20.3. The Labute approximate surface area is 197 Å². The summed E-state index contributed by atoms with van der Waals surface area (Å²) in [6.07, 6.45) is 0.236. The Morgan fingerprint density at radius 2 is 1.70 bits per heavy atom. The third-order valence-electron chi connectivity index (χ3n) is 3.59. The Morgan fingerprint density at radius 3 is 2.26 bits per heavy atom. The first-order valence-corrected chi connectivity index (χ1v) is 10.9. The topological polar surface area (TPSA) is 102 Å².